The summed E-state index contributed by atoms with van der Waals surface area (Å²) in [7, 11) is 1.58. The number of benzene rings is 2. The number of hydrogen-bond acceptors (Lipinski definition) is 5. The first-order valence-corrected chi connectivity index (χ1v) is 9.94. The van der Waals surface area contributed by atoms with Crippen molar-refractivity contribution in [2.24, 2.45) is 0 Å². The summed E-state index contributed by atoms with van der Waals surface area (Å²) in [5.41, 5.74) is 0.808. The summed E-state index contributed by atoms with van der Waals surface area (Å²) < 4.78 is 22.0. The van der Waals surface area contributed by atoms with E-state index in [4.69, 9.17) is 4.74 Å². The first kappa shape index (κ1) is 19.1. The number of para-hydroxylation sites is 1. The highest BCUT2D eigenvalue weighted by Gasteiger charge is 2.22. The highest BCUT2D eigenvalue weighted by Crippen LogP contribution is 2.31. The second-order valence-corrected chi connectivity index (χ2v) is 7.43. The number of hydrogen-bond donors (Lipinski definition) is 0. The summed E-state index contributed by atoms with van der Waals surface area (Å²) in [6.45, 7) is 1.16. The predicted octanol–water partition coefficient (Wildman–Crippen LogP) is 4.38. The molecule has 0 saturated heterocycles. The molecule has 4 aromatic rings. The standard InChI is InChI=1S/C21H19FN4O2S/c1-28-16-8-6-15(7-9-16)20(27)26(12-3-11-25-13-10-23-14-25)21-24-19-17(22)4-2-5-18(19)29-21/h2,4-10,13-14H,3,11-12H2,1H3. The number of fused-ring (bicyclic) bond motifs is 1. The lowest BCUT2D eigenvalue weighted by molar-refractivity contribution is 0.0986. The Balaban J connectivity index is 1.63. The number of carbonyl (C=O) groups excluding carboxylic acids is 1. The van der Waals surface area contributed by atoms with E-state index in [1.165, 1.54) is 17.4 Å². The molecule has 2 heterocycles. The largest absolute Gasteiger partial charge is 0.497 e. The summed E-state index contributed by atoms with van der Waals surface area (Å²) in [6, 6.07) is 11.8. The van der Waals surface area contributed by atoms with Gasteiger partial charge >= 0.3 is 0 Å². The summed E-state index contributed by atoms with van der Waals surface area (Å²) in [6.07, 6.45) is 6.04. The smallest absolute Gasteiger partial charge is 0.260 e. The number of carbonyl (C=O) groups is 1. The Morgan fingerprint density at radius 3 is 2.76 bits per heavy atom. The van der Waals surface area contributed by atoms with Crippen molar-refractivity contribution >= 4 is 32.6 Å². The normalized spacial score (nSPS) is 11.0. The molecule has 0 aliphatic rings. The monoisotopic (exact) mass is 410 g/mol. The Kier molecular flexibility index (Phi) is 5.53. The fourth-order valence-electron chi connectivity index (χ4n) is 3.02. The highest BCUT2D eigenvalue weighted by molar-refractivity contribution is 7.22. The van der Waals surface area contributed by atoms with Gasteiger partial charge in [0.25, 0.3) is 5.91 Å². The highest BCUT2D eigenvalue weighted by atomic mass is 32.1. The Bertz CT molecular complexity index is 1110. The van der Waals surface area contributed by atoms with Crippen molar-refractivity contribution in [1.82, 2.24) is 14.5 Å². The summed E-state index contributed by atoms with van der Waals surface area (Å²) in [5, 5.41) is 0.483. The van der Waals surface area contributed by atoms with Gasteiger partial charge in [0.1, 0.15) is 17.1 Å². The lowest BCUT2D eigenvalue weighted by Gasteiger charge is -2.20. The van der Waals surface area contributed by atoms with Gasteiger partial charge in [-0.3, -0.25) is 9.69 Å². The molecule has 0 unspecified atom stereocenters. The van der Waals surface area contributed by atoms with Gasteiger partial charge in [0, 0.05) is 31.0 Å². The average Bonchev–Trinajstić information content (AvgIpc) is 3.41. The van der Waals surface area contributed by atoms with Gasteiger partial charge in [-0.05, 0) is 42.8 Å². The molecule has 6 nitrogen and oxygen atoms in total. The fraction of sp³-hybridized carbons (Fsp3) is 0.190. The number of anilines is 1. The van der Waals surface area contributed by atoms with E-state index in [1.807, 2.05) is 10.8 Å². The third-order valence-corrected chi connectivity index (χ3v) is 5.57. The molecule has 8 heteroatoms. The van der Waals surface area contributed by atoms with Gasteiger partial charge in [-0.25, -0.2) is 14.4 Å². The van der Waals surface area contributed by atoms with Crippen molar-refractivity contribution in [2.75, 3.05) is 18.6 Å². The fourth-order valence-corrected chi connectivity index (χ4v) is 4.03. The molecule has 0 saturated carbocycles. The molecule has 29 heavy (non-hydrogen) atoms. The van der Waals surface area contributed by atoms with E-state index in [2.05, 4.69) is 9.97 Å². The number of ether oxygens (including phenoxy) is 1. The van der Waals surface area contributed by atoms with Crippen molar-refractivity contribution in [1.29, 1.82) is 0 Å². The third kappa shape index (κ3) is 4.12. The van der Waals surface area contributed by atoms with Crippen LogP contribution in [0.25, 0.3) is 10.2 Å². The zero-order chi connectivity index (χ0) is 20.2. The van der Waals surface area contributed by atoms with Gasteiger partial charge in [-0.1, -0.05) is 17.4 Å². The Hall–Kier alpha value is -3.26. The number of halogens is 1. The summed E-state index contributed by atoms with van der Waals surface area (Å²) in [4.78, 5) is 23.3. The van der Waals surface area contributed by atoms with Crippen LogP contribution in [0.15, 0.2) is 61.2 Å². The average molecular weight is 410 g/mol. The Labute approximate surface area is 171 Å². The van der Waals surface area contributed by atoms with Crippen molar-refractivity contribution < 1.29 is 13.9 Å². The van der Waals surface area contributed by atoms with Crippen LogP contribution in [0.1, 0.15) is 16.8 Å². The minimum atomic E-state index is -0.389. The van der Waals surface area contributed by atoms with Crippen LogP contribution in [0.2, 0.25) is 0 Å². The van der Waals surface area contributed by atoms with Crippen LogP contribution in [-0.4, -0.2) is 34.1 Å². The van der Waals surface area contributed by atoms with E-state index in [0.29, 0.717) is 40.7 Å². The predicted molar refractivity (Wildman–Crippen MR) is 111 cm³/mol. The van der Waals surface area contributed by atoms with E-state index in [-0.39, 0.29) is 17.2 Å². The first-order valence-electron chi connectivity index (χ1n) is 9.12. The van der Waals surface area contributed by atoms with Crippen LogP contribution in [0.5, 0.6) is 5.75 Å². The van der Waals surface area contributed by atoms with Gasteiger partial charge in [0.05, 0.1) is 18.1 Å². The van der Waals surface area contributed by atoms with Gasteiger partial charge in [0.2, 0.25) is 0 Å². The SMILES string of the molecule is COc1ccc(C(=O)N(CCCn2ccnc2)c2nc3c(F)cccc3s2)cc1. The molecule has 2 aromatic heterocycles. The van der Waals surface area contributed by atoms with E-state index >= 15 is 0 Å². The molecule has 0 spiro atoms. The zero-order valence-electron chi connectivity index (χ0n) is 15.8. The Morgan fingerprint density at radius 1 is 1.24 bits per heavy atom. The van der Waals surface area contributed by atoms with Gasteiger partial charge in [-0.2, -0.15) is 0 Å². The van der Waals surface area contributed by atoms with Crippen molar-refractivity contribution in [3.63, 3.8) is 0 Å². The first-order chi connectivity index (χ1) is 14.2. The second kappa shape index (κ2) is 8.40. The maximum absolute atomic E-state index is 14.1. The lowest BCUT2D eigenvalue weighted by Crippen LogP contribution is -2.32. The lowest BCUT2D eigenvalue weighted by atomic mass is 10.2. The number of imidazole rings is 1. The van der Waals surface area contributed by atoms with Gasteiger partial charge in [-0.15, -0.1) is 0 Å². The van der Waals surface area contributed by atoms with Crippen molar-refractivity contribution in [3.8, 4) is 5.75 Å². The molecule has 4 rings (SSSR count). The van der Waals surface area contributed by atoms with Gasteiger partial charge in [0.15, 0.2) is 5.13 Å². The van der Waals surface area contributed by atoms with Crippen LogP contribution in [0.3, 0.4) is 0 Å². The minimum absolute atomic E-state index is 0.183. The quantitative estimate of drug-likeness (QED) is 0.454. The van der Waals surface area contributed by atoms with Crippen LogP contribution in [0.4, 0.5) is 9.52 Å². The van der Waals surface area contributed by atoms with E-state index in [0.717, 1.165) is 0 Å². The van der Waals surface area contributed by atoms with Gasteiger partial charge < -0.3 is 9.30 Å². The number of thiazole rings is 1. The van der Waals surface area contributed by atoms with E-state index < -0.39 is 0 Å². The summed E-state index contributed by atoms with van der Waals surface area (Å²) >= 11 is 1.31. The van der Waals surface area contributed by atoms with Crippen molar-refractivity contribution in [3.05, 3.63) is 72.6 Å². The summed E-state index contributed by atoms with van der Waals surface area (Å²) in [5.74, 6) is 0.105. The molecule has 0 fully saturated rings. The minimum Gasteiger partial charge on any atom is -0.497 e. The molecule has 0 bridgehead atoms. The van der Waals surface area contributed by atoms with Crippen LogP contribution < -0.4 is 9.64 Å². The number of methoxy groups -OCH3 is 1. The molecule has 1 amide bonds. The molecule has 0 N–H and O–H groups in total. The van der Waals surface area contributed by atoms with E-state index in [1.54, 1.807) is 60.9 Å². The molecule has 0 radical (unpaired) electrons. The van der Waals surface area contributed by atoms with E-state index in [9.17, 15) is 9.18 Å². The molecule has 148 valence electrons. The van der Waals surface area contributed by atoms with Crippen LogP contribution in [0, 0.1) is 5.82 Å². The molecular weight excluding hydrogens is 391 g/mol. The topological polar surface area (TPSA) is 60.2 Å². The number of nitrogens with zero attached hydrogens (tertiary/aromatic N) is 4. The number of amides is 1. The molecule has 0 atom stereocenters. The third-order valence-electron chi connectivity index (χ3n) is 4.53. The molecule has 2 aromatic carbocycles. The second-order valence-electron chi connectivity index (χ2n) is 6.42. The van der Waals surface area contributed by atoms with Crippen LogP contribution >= 0.6 is 11.3 Å². The zero-order valence-corrected chi connectivity index (χ0v) is 16.6. The maximum atomic E-state index is 14.1. The number of aromatic nitrogens is 3. The molecule has 0 aliphatic heterocycles. The molecular formula is C21H19FN4O2S. The van der Waals surface area contributed by atoms with Crippen molar-refractivity contribution in [2.45, 2.75) is 13.0 Å². The molecule has 0 aliphatic carbocycles. The number of aryl methyl sites for hydroxylation is 1. The number of rotatable bonds is 7. The Morgan fingerprint density at radius 2 is 2.07 bits per heavy atom. The maximum Gasteiger partial charge on any atom is 0.260 e. The van der Waals surface area contributed by atoms with Crippen LogP contribution in [-0.2, 0) is 6.54 Å².